The highest BCUT2D eigenvalue weighted by Crippen LogP contribution is 2.24. The van der Waals surface area contributed by atoms with E-state index in [1.807, 2.05) is 49.4 Å². The van der Waals surface area contributed by atoms with E-state index in [1.54, 1.807) is 0 Å². The van der Waals surface area contributed by atoms with Crippen LogP contribution in [0.4, 0.5) is 0 Å². The van der Waals surface area contributed by atoms with Gasteiger partial charge in [0.1, 0.15) is 5.75 Å². The first-order chi connectivity index (χ1) is 9.81. The Morgan fingerprint density at radius 1 is 1.10 bits per heavy atom. The van der Waals surface area contributed by atoms with Crippen LogP contribution in [0.3, 0.4) is 0 Å². The topological polar surface area (TPSA) is 50.4 Å². The lowest BCUT2D eigenvalue weighted by molar-refractivity contribution is -0.123. The molecule has 0 aliphatic carbocycles. The number of hydrogen-bond donors (Lipinski definition) is 2. The second-order valence-corrected chi connectivity index (χ2v) is 4.47. The standard InChI is InChI=1S/C16H20N2O2/c1-2-17-10-11-18-16(19)12-20-15-9-5-7-13-6-3-4-8-14(13)15/h3-9,17H,2,10-12H2,1H3,(H,18,19). The van der Waals surface area contributed by atoms with Gasteiger partial charge < -0.3 is 15.4 Å². The van der Waals surface area contributed by atoms with Gasteiger partial charge >= 0.3 is 0 Å². The van der Waals surface area contributed by atoms with Gasteiger partial charge in [-0.05, 0) is 18.0 Å². The van der Waals surface area contributed by atoms with Gasteiger partial charge in [0.25, 0.3) is 5.91 Å². The smallest absolute Gasteiger partial charge is 0.257 e. The number of nitrogens with one attached hydrogen (secondary N) is 2. The van der Waals surface area contributed by atoms with Crippen molar-refractivity contribution >= 4 is 16.7 Å². The second-order valence-electron chi connectivity index (χ2n) is 4.47. The average Bonchev–Trinajstić information content (AvgIpc) is 2.49. The molecule has 0 unspecified atom stereocenters. The predicted molar refractivity (Wildman–Crippen MR) is 81.0 cm³/mol. The van der Waals surface area contributed by atoms with E-state index < -0.39 is 0 Å². The molecule has 2 aromatic carbocycles. The van der Waals surface area contributed by atoms with Gasteiger partial charge in [-0.25, -0.2) is 0 Å². The fourth-order valence-corrected chi connectivity index (χ4v) is 1.98. The number of fused-ring (bicyclic) bond motifs is 1. The fraction of sp³-hybridized carbons (Fsp3) is 0.312. The molecule has 0 bridgehead atoms. The molecule has 0 radical (unpaired) electrons. The van der Waals surface area contributed by atoms with E-state index in [0.717, 1.165) is 29.6 Å². The summed E-state index contributed by atoms with van der Waals surface area (Å²) in [6.45, 7) is 4.37. The summed E-state index contributed by atoms with van der Waals surface area (Å²) >= 11 is 0. The molecule has 0 aliphatic rings. The Hall–Kier alpha value is -2.07. The summed E-state index contributed by atoms with van der Waals surface area (Å²) in [5, 5.41) is 8.09. The van der Waals surface area contributed by atoms with E-state index in [4.69, 9.17) is 4.74 Å². The van der Waals surface area contributed by atoms with Crippen LogP contribution in [-0.2, 0) is 4.79 Å². The van der Waals surface area contributed by atoms with Crippen molar-refractivity contribution in [2.24, 2.45) is 0 Å². The zero-order chi connectivity index (χ0) is 14.2. The van der Waals surface area contributed by atoms with Crippen molar-refractivity contribution in [1.29, 1.82) is 0 Å². The van der Waals surface area contributed by atoms with Crippen LogP contribution in [0.25, 0.3) is 10.8 Å². The summed E-state index contributed by atoms with van der Waals surface area (Å²) in [5.74, 6) is 0.640. The van der Waals surface area contributed by atoms with Crippen LogP contribution in [0.1, 0.15) is 6.92 Å². The van der Waals surface area contributed by atoms with E-state index in [0.29, 0.717) is 6.54 Å². The molecule has 0 fully saturated rings. The molecule has 20 heavy (non-hydrogen) atoms. The minimum absolute atomic E-state index is 0.0418. The third-order valence-corrected chi connectivity index (χ3v) is 2.98. The number of carbonyl (C=O) groups excluding carboxylic acids is 1. The van der Waals surface area contributed by atoms with Crippen molar-refractivity contribution in [1.82, 2.24) is 10.6 Å². The minimum atomic E-state index is -0.101. The van der Waals surface area contributed by atoms with Crippen LogP contribution in [0.2, 0.25) is 0 Å². The number of hydrogen-bond acceptors (Lipinski definition) is 3. The zero-order valence-corrected chi connectivity index (χ0v) is 11.7. The summed E-state index contributed by atoms with van der Waals surface area (Å²) in [4.78, 5) is 11.7. The van der Waals surface area contributed by atoms with Crippen molar-refractivity contribution in [2.75, 3.05) is 26.2 Å². The van der Waals surface area contributed by atoms with Crippen LogP contribution >= 0.6 is 0 Å². The number of carbonyl (C=O) groups is 1. The lowest BCUT2D eigenvalue weighted by Crippen LogP contribution is -2.34. The molecule has 0 atom stereocenters. The summed E-state index contributed by atoms with van der Waals surface area (Å²) in [7, 11) is 0. The van der Waals surface area contributed by atoms with Crippen molar-refractivity contribution in [2.45, 2.75) is 6.92 Å². The van der Waals surface area contributed by atoms with Crippen LogP contribution < -0.4 is 15.4 Å². The third kappa shape index (κ3) is 3.96. The first-order valence-corrected chi connectivity index (χ1v) is 6.89. The SMILES string of the molecule is CCNCCNC(=O)COc1cccc2ccccc12. The maximum absolute atomic E-state index is 11.7. The van der Waals surface area contributed by atoms with Crippen LogP contribution in [0.15, 0.2) is 42.5 Å². The summed E-state index contributed by atoms with van der Waals surface area (Å²) in [6, 6.07) is 13.8. The quantitative estimate of drug-likeness (QED) is 0.757. The molecular weight excluding hydrogens is 252 g/mol. The summed E-state index contributed by atoms with van der Waals surface area (Å²) in [6.07, 6.45) is 0. The molecule has 1 amide bonds. The normalized spacial score (nSPS) is 10.4. The molecule has 0 saturated carbocycles. The Balaban J connectivity index is 1.88. The third-order valence-electron chi connectivity index (χ3n) is 2.98. The van der Waals surface area contributed by atoms with Crippen molar-refractivity contribution in [3.63, 3.8) is 0 Å². The summed E-state index contributed by atoms with van der Waals surface area (Å²) < 4.78 is 5.61. The van der Waals surface area contributed by atoms with E-state index in [1.165, 1.54) is 0 Å². The van der Waals surface area contributed by atoms with Gasteiger partial charge in [-0.1, -0.05) is 43.3 Å². The van der Waals surface area contributed by atoms with Gasteiger partial charge in [-0.15, -0.1) is 0 Å². The predicted octanol–water partition coefficient (Wildman–Crippen LogP) is 1.94. The monoisotopic (exact) mass is 272 g/mol. The highest BCUT2D eigenvalue weighted by atomic mass is 16.5. The van der Waals surface area contributed by atoms with Gasteiger partial charge in [-0.3, -0.25) is 4.79 Å². The molecule has 0 saturated heterocycles. The number of amides is 1. The Bertz CT molecular complexity index is 564. The molecule has 0 aliphatic heterocycles. The lowest BCUT2D eigenvalue weighted by Gasteiger charge is -2.10. The number of likely N-dealkylation sites (N-methyl/N-ethyl adjacent to an activating group) is 1. The second kappa shape index (κ2) is 7.50. The van der Waals surface area contributed by atoms with Crippen LogP contribution in [0, 0.1) is 0 Å². The largest absolute Gasteiger partial charge is 0.483 e. The van der Waals surface area contributed by atoms with E-state index in [-0.39, 0.29) is 12.5 Å². The zero-order valence-electron chi connectivity index (χ0n) is 11.7. The molecular formula is C16H20N2O2. The van der Waals surface area contributed by atoms with Gasteiger partial charge in [0, 0.05) is 18.5 Å². The maximum atomic E-state index is 11.7. The fourth-order valence-electron chi connectivity index (χ4n) is 1.98. The number of rotatable bonds is 7. The first-order valence-electron chi connectivity index (χ1n) is 6.89. The Labute approximate surface area is 119 Å². The number of ether oxygens (including phenoxy) is 1. The molecule has 2 N–H and O–H groups in total. The lowest BCUT2D eigenvalue weighted by atomic mass is 10.1. The Morgan fingerprint density at radius 2 is 1.90 bits per heavy atom. The molecule has 0 heterocycles. The van der Waals surface area contributed by atoms with Crippen molar-refractivity contribution in [3.8, 4) is 5.75 Å². The molecule has 2 aromatic rings. The van der Waals surface area contributed by atoms with Crippen molar-refractivity contribution < 1.29 is 9.53 Å². The van der Waals surface area contributed by atoms with E-state index >= 15 is 0 Å². The molecule has 0 spiro atoms. The number of benzene rings is 2. The highest BCUT2D eigenvalue weighted by molar-refractivity contribution is 5.88. The van der Waals surface area contributed by atoms with E-state index in [9.17, 15) is 4.79 Å². The van der Waals surface area contributed by atoms with Gasteiger partial charge in [0.2, 0.25) is 0 Å². The minimum Gasteiger partial charge on any atom is -0.483 e. The van der Waals surface area contributed by atoms with Gasteiger partial charge in [0.05, 0.1) is 0 Å². The Kier molecular flexibility index (Phi) is 5.38. The molecule has 106 valence electrons. The first kappa shape index (κ1) is 14.3. The summed E-state index contributed by atoms with van der Waals surface area (Å²) in [5.41, 5.74) is 0. The highest BCUT2D eigenvalue weighted by Gasteiger charge is 2.04. The van der Waals surface area contributed by atoms with Crippen LogP contribution in [0.5, 0.6) is 5.75 Å². The van der Waals surface area contributed by atoms with Gasteiger partial charge in [0.15, 0.2) is 6.61 Å². The molecule has 4 nitrogen and oxygen atoms in total. The molecule has 2 rings (SSSR count). The van der Waals surface area contributed by atoms with E-state index in [2.05, 4.69) is 10.6 Å². The maximum Gasteiger partial charge on any atom is 0.257 e. The molecule has 0 aromatic heterocycles. The van der Waals surface area contributed by atoms with Crippen LogP contribution in [-0.4, -0.2) is 32.1 Å². The van der Waals surface area contributed by atoms with Gasteiger partial charge in [-0.2, -0.15) is 0 Å². The van der Waals surface area contributed by atoms with Crippen molar-refractivity contribution in [3.05, 3.63) is 42.5 Å². The molecule has 4 heteroatoms. The Morgan fingerprint density at radius 3 is 2.75 bits per heavy atom. The average molecular weight is 272 g/mol.